The fraction of sp³-hybridized carbons (Fsp3) is 0.300. The Morgan fingerprint density at radius 1 is 1.59 bits per heavy atom. The van der Waals surface area contributed by atoms with Gasteiger partial charge in [0.25, 0.3) is 0 Å². The van der Waals surface area contributed by atoms with E-state index in [2.05, 4.69) is 20.7 Å². The average molecular weight is 328 g/mol. The van der Waals surface area contributed by atoms with Gasteiger partial charge in [0.15, 0.2) is 0 Å². The molecular weight excluding hydrogens is 318 g/mol. The smallest absolute Gasteiger partial charge is 0.329 e. The minimum absolute atomic E-state index is 0.0383. The number of aliphatic hydroxyl groups is 1. The van der Waals surface area contributed by atoms with Crippen LogP contribution in [-0.4, -0.2) is 29.4 Å². The fourth-order valence-corrected chi connectivity index (χ4v) is 1.63. The Hall–Kier alpha value is -0.690. The van der Waals surface area contributed by atoms with E-state index >= 15 is 0 Å². The second kappa shape index (κ2) is 6.30. The maximum atomic E-state index is 13.4. The van der Waals surface area contributed by atoms with Gasteiger partial charge < -0.3 is 14.9 Å². The summed E-state index contributed by atoms with van der Waals surface area (Å²) in [5.74, 6) is -1.81. The van der Waals surface area contributed by atoms with E-state index in [1.165, 1.54) is 6.07 Å². The van der Waals surface area contributed by atoms with Crippen molar-refractivity contribution < 1.29 is 24.1 Å². The number of carboxylic acids is 1. The molecule has 94 valence electrons. The minimum Gasteiger partial charge on any atom is -0.480 e. The van der Waals surface area contributed by atoms with Gasteiger partial charge >= 0.3 is 5.97 Å². The minimum atomic E-state index is -1.26. The molecule has 17 heavy (non-hydrogen) atoms. The van der Waals surface area contributed by atoms with Gasteiger partial charge in [-0.05, 0) is 28.1 Å². The Labute approximate surface area is 110 Å². The normalized spacial score (nSPS) is 12.5. The maximum absolute atomic E-state index is 13.4. The third kappa shape index (κ3) is 4.23. The van der Waals surface area contributed by atoms with Crippen molar-refractivity contribution in [2.75, 3.05) is 13.2 Å². The van der Waals surface area contributed by atoms with Gasteiger partial charge in [0.2, 0.25) is 0 Å². The van der Waals surface area contributed by atoms with E-state index in [9.17, 15) is 14.3 Å². The van der Waals surface area contributed by atoms with Crippen molar-refractivity contribution in [1.29, 1.82) is 0 Å². The Morgan fingerprint density at radius 3 is 2.82 bits per heavy atom. The molecule has 0 saturated heterocycles. The van der Waals surface area contributed by atoms with Gasteiger partial charge in [-0.2, -0.15) is 0 Å². The van der Waals surface area contributed by atoms with Crippen molar-refractivity contribution >= 4 is 33.5 Å². The van der Waals surface area contributed by atoms with Crippen LogP contribution in [-0.2, 0) is 9.53 Å². The molecule has 0 heterocycles. The zero-order valence-corrected chi connectivity index (χ0v) is 10.8. The second-order valence-corrected chi connectivity index (χ2v) is 4.47. The monoisotopic (exact) mass is 326 g/mol. The molecule has 0 aliphatic carbocycles. The summed E-state index contributed by atoms with van der Waals surface area (Å²) in [6, 6.07) is 2.38. The van der Waals surface area contributed by atoms with E-state index < -0.39 is 24.5 Å². The number of benzene rings is 1. The standard InChI is InChI=1S/C10H9BrClFO4/c11-6-2-8(13)5(1-7(6)12)9(14)3-17-4-10(15)16/h1-2,9,14H,3-4H2,(H,15,16). The van der Waals surface area contributed by atoms with Crippen LogP contribution in [0.5, 0.6) is 0 Å². The van der Waals surface area contributed by atoms with Crippen molar-refractivity contribution in [3.8, 4) is 0 Å². The summed E-state index contributed by atoms with van der Waals surface area (Å²) in [4.78, 5) is 10.2. The van der Waals surface area contributed by atoms with E-state index in [0.717, 1.165) is 6.07 Å². The van der Waals surface area contributed by atoms with Crippen LogP contribution in [0.25, 0.3) is 0 Å². The van der Waals surface area contributed by atoms with Crippen LogP contribution in [0, 0.1) is 5.82 Å². The third-order valence-electron chi connectivity index (χ3n) is 1.90. The quantitative estimate of drug-likeness (QED) is 0.815. The van der Waals surface area contributed by atoms with E-state index in [0.29, 0.717) is 4.47 Å². The molecule has 0 saturated carbocycles. The molecule has 1 rings (SSSR count). The number of ether oxygens (including phenoxy) is 1. The molecule has 0 bridgehead atoms. The number of aliphatic hydroxyl groups excluding tert-OH is 1. The molecule has 1 aromatic carbocycles. The van der Waals surface area contributed by atoms with Crippen LogP contribution < -0.4 is 0 Å². The lowest BCUT2D eigenvalue weighted by Gasteiger charge is -2.12. The first-order chi connectivity index (χ1) is 7.91. The van der Waals surface area contributed by atoms with Gasteiger partial charge in [-0.3, -0.25) is 0 Å². The van der Waals surface area contributed by atoms with Crippen molar-refractivity contribution in [1.82, 2.24) is 0 Å². The first kappa shape index (κ1) is 14.4. The predicted octanol–water partition coefficient (Wildman–Crippen LogP) is 2.38. The summed E-state index contributed by atoms with van der Waals surface area (Å²) < 4.78 is 18.5. The lowest BCUT2D eigenvalue weighted by Crippen LogP contribution is -2.14. The molecule has 1 aromatic rings. The highest BCUT2D eigenvalue weighted by Crippen LogP contribution is 2.28. The number of carbonyl (C=O) groups is 1. The number of hydrogen-bond donors (Lipinski definition) is 2. The highest BCUT2D eigenvalue weighted by atomic mass is 79.9. The van der Waals surface area contributed by atoms with Gasteiger partial charge in [0, 0.05) is 10.0 Å². The molecule has 0 aliphatic heterocycles. The van der Waals surface area contributed by atoms with Crippen molar-refractivity contribution in [3.05, 3.63) is 33.0 Å². The Bertz CT molecular complexity index is 427. The van der Waals surface area contributed by atoms with Crippen LogP contribution in [0.4, 0.5) is 4.39 Å². The lowest BCUT2D eigenvalue weighted by atomic mass is 10.1. The van der Waals surface area contributed by atoms with Crippen LogP contribution in [0.1, 0.15) is 11.7 Å². The summed E-state index contributed by atoms with van der Waals surface area (Å²) >= 11 is 8.79. The van der Waals surface area contributed by atoms with Gasteiger partial charge in [0.05, 0.1) is 11.6 Å². The molecule has 0 amide bonds. The fourth-order valence-electron chi connectivity index (χ4n) is 1.14. The highest BCUT2D eigenvalue weighted by Gasteiger charge is 2.16. The van der Waals surface area contributed by atoms with E-state index in [4.69, 9.17) is 16.7 Å². The lowest BCUT2D eigenvalue weighted by molar-refractivity contribution is -0.143. The Balaban J connectivity index is 2.71. The number of aliphatic carboxylic acids is 1. The summed E-state index contributed by atoms with van der Waals surface area (Å²) in [6.07, 6.45) is -1.26. The third-order valence-corrected chi connectivity index (χ3v) is 3.10. The molecule has 4 nitrogen and oxygen atoms in total. The zero-order chi connectivity index (χ0) is 13.0. The van der Waals surface area contributed by atoms with Crippen LogP contribution in [0.15, 0.2) is 16.6 Å². The van der Waals surface area contributed by atoms with Crippen molar-refractivity contribution in [3.63, 3.8) is 0 Å². The van der Waals surface area contributed by atoms with E-state index in [1.807, 2.05) is 0 Å². The summed E-state index contributed by atoms with van der Waals surface area (Å²) in [5, 5.41) is 18.2. The summed E-state index contributed by atoms with van der Waals surface area (Å²) in [6.45, 7) is -0.871. The molecule has 0 radical (unpaired) electrons. The van der Waals surface area contributed by atoms with E-state index in [-0.39, 0.29) is 17.2 Å². The van der Waals surface area contributed by atoms with Crippen LogP contribution in [0.2, 0.25) is 5.02 Å². The number of halogens is 3. The van der Waals surface area contributed by atoms with Crippen molar-refractivity contribution in [2.45, 2.75) is 6.10 Å². The summed E-state index contributed by atoms with van der Waals surface area (Å²) in [7, 11) is 0. The zero-order valence-electron chi connectivity index (χ0n) is 8.49. The largest absolute Gasteiger partial charge is 0.480 e. The molecule has 7 heteroatoms. The SMILES string of the molecule is O=C(O)COCC(O)c1cc(Cl)c(Br)cc1F. The van der Waals surface area contributed by atoms with Gasteiger partial charge in [0.1, 0.15) is 18.5 Å². The van der Waals surface area contributed by atoms with Gasteiger partial charge in [-0.1, -0.05) is 11.6 Å². The average Bonchev–Trinajstić information content (AvgIpc) is 2.22. The van der Waals surface area contributed by atoms with E-state index in [1.54, 1.807) is 0 Å². The molecule has 1 atom stereocenters. The first-order valence-corrected chi connectivity index (χ1v) is 5.71. The molecule has 1 unspecified atom stereocenters. The molecule has 2 N–H and O–H groups in total. The summed E-state index contributed by atoms with van der Waals surface area (Å²) in [5.41, 5.74) is -0.0383. The number of hydrogen-bond acceptors (Lipinski definition) is 3. The first-order valence-electron chi connectivity index (χ1n) is 4.54. The molecular formula is C10H9BrClFO4. The predicted molar refractivity (Wildman–Crippen MR) is 62.5 cm³/mol. The molecule has 0 spiro atoms. The molecule has 0 aromatic heterocycles. The Kier molecular flexibility index (Phi) is 5.32. The van der Waals surface area contributed by atoms with Crippen LogP contribution >= 0.6 is 27.5 Å². The van der Waals surface area contributed by atoms with Gasteiger partial charge in [-0.15, -0.1) is 0 Å². The number of carboxylic acid groups (broad SMARTS) is 1. The number of rotatable bonds is 5. The molecule has 0 fully saturated rings. The topological polar surface area (TPSA) is 66.8 Å². The maximum Gasteiger partial charge on any atom is 0.329 e. The Morgan fingerprint density at radius 2 is 2.24 bits per heavy atom. The molecule has 0 aliphatic rings. The van der Waals surface area contributed by atoms with Crippen LogP contribution in [0.3, 0.4) is 0 Å². The highest BCUT2D eigenvalue weighted by molar-refractivity contribution is 9.10. The van der Waals surface area contributed by atoms with Gasteiger partial charge in [-0.25, -0.2) is 9.18 Å². The second-order valence-electron chi connectivity index (χ2n) is 3.21. The van der Waals surface area contributed by atoms with Crippen molar-refractivity contribution in [2.24, 2.45) is 0 Å².